The molecule has 0 radical (unpaired) electrons. The summed E-state index contributed by atoms with van der Waals surface area (Å²) in [7, 11) is 1.57. The molecular weight excluding hydrogens is 202 g/mol. The Morgan fingerprint density at radius 1 is 1.50 bits per heavy atom. The van der Waals surface area contributed by atoms with E-state index < -0.39 is 0 Å². The zero-order chi connectivity index (χ0) is 9.84. The lowest BCUT2D eigenvalue weighted by molar-refractivity contribution is 0.392. The largest absolute Gasteiger partial charge is 0.507 e. The Morgan fingerprint density at radius 3 is 2.64 bits per heavy atom. The predicted octanol–water partition coefficient (Wildman–Crippen LogP) is 2.23. The van der Waals surface area contributed by atoms with Crippen molar-refractivity contribution in [3.05, 3.63) is 23.8 Å². The Hall–Kier alpha value is -0.930. The van der Waals surface area contributed by atoms with Gasteiger partial charge in [0.15, 0.2) is 0 Å². The highest BCUT2D eigenvalue weighted by Gasteiger charge is 2.14. The minimum atomic E-state index is -0.170. The van der Waals surface area contributed by atoms with Crippen molar-refractivity contribution in [2.24, 2.45) is 5.73 Å². The summed E-state index contributed by atoms with van der Waals surface area (Å²) in [6, 6.07) is 4.98. The molecule has 0 aliphatic heterocycles. The third kappa shape index (κ3) is 2.53. The van der Waals surface area contributed by atoms with Gasteiger partial charge in [-0.25, -0.2) is 0 Å². The van der Waals surface area contributed by atoms with Crippen LogP contribution in [-0.2, 0) is 0 Å². The molecule has 0 bridgehead atoms. The normalized spacial score (nSPS) is 11.6. The van der Waals surface area contributed by atoms with E-state index in [9.17, 15) is 5.11 Å². The molecule has 0 aromatic heterocycles. The Balaban J connectivity index is 0.00000169. The number of rotatable bonds is 3. The summed E-state index contributed by atoms with van der Waals surface area (Å²) in [5, 5.41) is 9.56. The highest BCUT2D eigenvalue weighted by Crippen LogP contribution is 2.33. The number of hydrogen-bond acceptors (Lipinski definition) is 3. The number of phenols is 1. The highest BCUT2D eigenvalue weighted by molar-refractivity contribution is 5.85. The molecule has 3 nitrogen and oxygen atoms in total. The number of aromatic hydroxyl groups is 1. The molecular formula is C10H16ClNO2. The van der Waals surface area contributed by atoms with Gasteiger partial charge in [0.05, 0.1) is 12.7 Å². The van der Waals surface area contributed by atoms with Crippen LogP contribution in [0, 0.1) is 0 Å². The molecule has 0 fully saturated rings. The summed E-state index contributed by atoms with van der Waals surface area (Å²) in [5.74, 6) is 0.850. The summed E-state index contributed by atoms with van der Waals surface area (Å²) in [5.41, 5.74) is 6.52. The Labute approximate surface area is 90.3 Å². The first-order valence-electron chi connectivity index (χ1n) is 4.32. The second kappa shape index (κ2) is 5.73. The van der Waals surface area contributed by atoms with Gasteiger partial charge in [0.1, 0.15) is 11.5 Å². The molecule has 1 atom stereocenters. The lowest BCUT2D eigenvalue weighted by Gasteiger charge is -2.15. The van der Waals surface area contributed by atoms with E-state index in [0.29, 0.717) is 11.3 Å². The molecule has 0 saturated carbocycles. The van der Waals surface area contributed by atoms with Gasteiger partial charge in [-0.1, -0.05) is 13.0 Å². The van der Waals surface area contributed by atoms with Gasteiger partial charge in [-0.3, -0.25) is 0 Å². The lowest BCUT2D eigenvalue weighted by atomic mass is 10.0. The van der Waals surface area contributed by atoms with Gasteiger partial charge >= 0.3 is 0 Å². The molecule has 80 valence electrons. The number of methoxy groups -OCH3 is 1. The molecule has 1 rings (SSSR count). The van der Waals surface area contributed by atoms with Crippen molar-refractivity contribution in [3.8, 4) is 11.5 Å². The van der Waals surface area contributed by atoms with Gasteiger partial charge in [-0.2, -0.15) is 0 Å². The fourth-order valence-corrected chi connectivity index (χ4v) is 1.29. The molecule has 0 amide bonds. The smallest absolute Gasteiger partial charge is 0.127 e. The van der Waals surface area contributed by atoms with Crippen molar-refractivity contribution in [1.29, 1.82) is 0 Å². The number of benzene rings is 1. The van der Waals surface area contributed by atoms with Gasteiger partial charge in [-0.05, 0) is 18.6 Å². The maximum Gasteiger partial charge on any atom is 0.127 e. The molecule has 0 unspecified atom stereocenters. The molecule has 0 heterocycles. The predicted molar refractivity (Wildman–Crippen MR) is 59.1 cm³/mol. The molecule has 0 aliphatic carbocycles. The van der Waals surface area contributed by atoms with Crippen LogP contribution in [-0.4, -0.2) is 12.2 Å². The number of hydrogen-bond donors (Lipinski definition) is 2. The molecule has 1 aromatic rings. The number of ether oxygens (including phenoxy) is 1. The van der Waals surface area contributed by atoms with Crippen LogP contribution in [0.1, 0.15) is 24.9 Å². The fraction of sp³-hybridized carbons (Fsp3) is 0.400. The van der Waals surface area contributed by atoms with Gasteiger partial charge in [0.2, 0.25) is 0 Å². The second-order valence-corrected chi connectivity index (χ2v) is 2.91. The first kappa shape index (κ1) is 13.1. The van der Waals surface area contributed by atoms with Crippen molar-refractivity contribution in [2.45, 2.75) is 19.4 Å². The van der Waals surface area contributed by atoms with Crippen molar-refractivity contribution < 1.29 is 9.84 Å². The topological polar surface area (TPSA) is 55.5 Å². The minimum absolute atomic E-state index is 0. The lowest BCUT2D eigenvalue weighted by Crippen LogP contribution is -2.10. The zero-order valence-electron chi connectivity index (χ0n) is 8.36. The summed E-state index contributed by atoms with van der Waals surface area (Å²) >= 11 is 0. The maximum atomic E-state index is 9.56. The van der Waals surface area contributed by atoms with E-state index >= 15 is 0 Å². The van der Waals surface area contributed by atoms with Gasteiger partial charge in [0, 0.05) is 6.04 Å². The van der Waals surface area contributed by atoms with Crippen LogP contribution in [0.15, 0.2) is 18.2 Å². The van der Waals surface area contributed by atoms with Gasteiger partial charge < -0.3 is 15.6 Å². The fourth-order valence-electron chi connectivity index (χ4n) is 1.29. The Bertz CT molecular complexity index is 291. The summed E-state index contributed by atoms with van der Waals surface area (Å²) in [6.07, 6.45) is 0.772. The van der Waals surface area contributed by atoms with Crippen LogP contribution >= 0.6 is 12.4 Å². The average Bonchev–Trinajstić information content (AvgIpc) is 2.16. The van der Waals surface area contributed by atoms with Crippen molar-refractivity contribution in [2.75, 3.05) is 7.11 Å². The van der Waals surface area contributed by atoms with Crippen LogP contribution in [0.3, 0.4) is 0 Å². The number of nitrogens with two attached hydrogens (primary N) is 1. The standard InChI is InChI=1S/C10H15NO2.ClH/c1-3-7(11)10-8(12)5-4-6-9(10)13-2;/h4-7,12H,3,11H2,1-2H3;1H/t7-;/m0./s1. The molecule has 3 N–H and O–H groups in total. The summed E-state index contributed by atoms with van der Waals surface area (Å²) in [6.45, 7) is 1.97. The number of phenolic OH excluding ortho intramolecular Hbond substituents is 1. The summed E-state index contributed by atoms with van der Waals surface area (Å²) in [4.78, 5) is 0. The van der Waals surface area contributed by atoms with Crippen molar-refractivity contribution in [3.63, 3.8) is 0 Å². The average molecular weight is 218 g/mol. The summed E-state index contributed by atoms with van der Waals surface area (Å²) < 4.78 is 5.11. The molecule has 4 heteroatoms. The van der Waals surface area contributed by atoms with Crippen molar-refractivity contribution in [1.82, 2.24) is 0 Å². The Morgan fingerprint density at radius 2 is 2.14 bits per heavy atom. The SMILES string of the molecule is CC[C@H](N)c1c(O)cccc1OC.Cl. The van der Waals surface area contributed by atoms with E-state index in [0.717, 1.165) is 6.42 Å². The first-order valence-corrected chi connectivity index (χ1v) is 4.32. The first-order chi connectivity index (χ1) is 6.20. The van der Waals surface area contributed by atoms with Crippen LogP contribution in [0.4, 0.5) is 0 Å². The third-order valence-electron chi connectivity index (χ3n) is 2.07. The minimum Gasteiger partial charge on any atom is -0.507 e. The van der Waals surface area contributed by atoms with Gasteiger partial charge in [-0.15, -0.1) is 12.4 Å². The Kier molecular flexibility index (Phi) is 5.35. The molecule has 0 spiro atoms. The third-order valence-corrected chi connectivity index (χ3v) is 2.07. The molecule has 0 saturated heterocycles. The van der Waals surface area contributed by atoms with E-state index in [4.69, 9.17) is 10.5 Å². The van der Waals surface area contributed by atoms with E-state index in [2.05, 4.69) is 0 Å². The van der Waals surface area contributed by atoms with Crippen LogP contribution < -0.4 is 10.5 Å². The maximum absolute atomic E-state index is 9.56. The van der Waals surface area contributed by atoms with E-state index in [1.807, 2.05) is 6.92 Å². The van der Waals surface area contributed by atoms with Gasteiger partial charge in [0.25, 0.3) is 0 Å². The monoisotopic (exact) mass is 217 g/mol. The molecule has 1 aromatic carbocycles. The van der Waals surface area contributed by atoms with Crippen LogP contribution in [0.2, 0.25) is 0 Å². The van der Waals surface area contributed by atoms with E-state index in [1.54, 1.807) is 25.3 Å². The van der Waals surface area contributed by atoms with E-state index in [-0.39, 0.29) is 24.2 Å². The van der Waals surface area contributed by atoms with Crippen LogP contribution in [0.25, 0.3) is 0 Å². The van der Waals surface area contributed by atoms with Crippen LogP contribution in [0.5, 0.6) is 11.5 Å². The number of halogens is 1. The quantitative estimate of drug-likeness (QED) is 0.817. The van der Waals surface area contributed by atoms with Crippen molar-refractivity contribution >= 4 is 12.4 Å². The zero-order valence-corrected chi connectivity index (χ0v) is 9.17. The second-order valence-electron chi connectivity index (χ2n) is 2.91. The van der Waals surface area contributed by atoms with E-state index in [1.165, 1.54) is 0 Å². The highest BCUT2D eigenvalue weighted by atomic mass is 35.5. The molecule has 14 heavy (non-hydrogen) atoms. The molecule has 0 aliphatic rings.